The summed E-state index contributed by atoms with van der Waals surface area (Å²) in [7, 11) is 0. The Morgan fingerprint density at radius 2 is 1.26 bits per heavy atom. The Morgan fingerprint density at radius 1 is 0.684 bits per heavy atom. The summed E-state index contributed by atoms with van der Waals surface area (Å²) >= 11 is 0. The van der Waals surface area contributed by atoms with Crippen LogP contribution in [0.2, 0.25) is 0 Å². The van der Waals surface area contributed by atoms with E-state index in [4.69, 9.17) is 0 Å². The summed E-state index contributed by atoms with van der Waals surface area (Å²) in [5.74, 6) is 0. The minimum absolute atomic E-state index is 0. The van der Waals surface area contributed by atoms with Crippen molar-refractivity contribution in [3.8, 4) is 11.1 Å². The first-order valence-electron chi connectivity index (χ1n) is 5.14. The first-order valence-corrected chi connectivity index (χ1v) is 5.14. The van der Waals surface area contributed by atoms with Crippen LogP contribution >= 0.6 is 0 Å². The molecule has 0 atom stereocenters. The van der Waals surface area contributed by atoms with Gasteiger partial charge in [0, 0.05) is 0 Å². The van der Waals surface area contributed by atoms with Gasteiger partial charge in [-0.05, 0) is 0 Å². The quantitative estimate of drug-likeness (QED) is 0.271. The molecule has 0 N–H and O–H groups in total. The molecular weight excluding hydrogens is 416 g/mol. The van der Waals surface area contributed by atoms with Crippen LogP contribution in [-0.2, 0) is 25.8 Å². The summed E-state index contributed by atoms with van der Waals surface area (Å²) in [4.78, 5) is 0. The molecular formula is C15H11F3Hf. The fourth-order valence-electron chi connectivity index (χ4n) is 1.95. The second-order valence-corrected chi connectivity index (χ2v) is 3.74. The van der Waals surface area contributed by atoms with Crippen LogP contribution in [0, 0.1) is 0 Å². The van der Waals surface area contributed by atoms with Crippen molar-refractivity contribution < 1.29 is 40.0 Å². The van der Waals surface area contributed by atoms with Crippen LogP contribution in [0.5, 0.6) is 0 Å². The largest absolute Gasteiger partial charge is 4.00 e. The smallest absolute Gasteiger partial charge is 1.00 e. The van der Waals surface area contributed by atoms with Crippen molar-refractivity contribution >= 4 is 10.8 Å². The van der Waals surface area contributed by atoms with Gasteiger partial charge in [0.25, 0.3) is 0 Å². The van der Waals surface area contributed by atoms with Gasteiger partial charge in [0.1, 0.15) is 0 Å². The van der Waals surface area contributed by atoms with Crippen molar-refractivity contribution in [1.29, 1.82) is 0 Å². The van der Waals surface area contributed by atoms with E-state index in [1.165, 1.54) is 21.9 Å². The maximum absolute atomic E-state index is 2.24. The molecule has 0 saturated carbocycles. The summed E-state index contributed by atoms with van der Waals surface area (Å²) in [5.41, 5.74) is 2.59. The Hall–Kier alpha value is -1.29. The molecule has 0 spiro atoms. The fourth-order valence-corrected chi connectivity index (χ4v) is 1.95. The third-order valence-corrected chi connectivity index (χ3v) is 2.73. The van der Waals surface area contributed by atoms with Crippen LogP contribution in [0.1, 0.15) is 0 Å². The molecule has 0 bridgehead atoms. The second-order valence-electron chi connectivity index (χ2n) is 3.74. The molecule has 19 heavy (non-hydrogen) atoms. The van der Waals surface area contributed by atoms with E-state index in [0.717, 1.165) is 0 Å². The van der Waals surface area contributed by atoms with Crippen molar-refractivity contribution in [3.05, 3.63) is 66.7 Å². The van der Waals surface area contributed by atoms with E-state index in [0.29, 0.717) is 0 Å². The van der Waals surface area contributed by atoms with E-state index in [2.05, 4.69) is 60.7 Å². The van der Waals surface area contributed by atoms with Crippen LogP contribution in [0.4, 0.5) is 0 Å². The molecule has 0 aliphatic carbocycles. The molecule has 0 fully saturated rings. The van der Waals surface area contributed by atoms with Gasteiger partial charge in [-0.15, -0.1) is 34.5 Å². The summed E-state index contributed by atoms with van der Waals surface area (Å²) < 4.78 is 0. The number of hydrogen-bond acceptors (Lipinski definition) is 0. The SMILES string of the molecule is [F-].[F-].[F-].[Hf+4].c1ccc(-c2cc3ccccc3[cH-]2)cc1. The first-order chi connectivity index (χ1) is 7.43. The predicted molar refractivity (Wildman–Crippen MR) is 65.0 cm³/mol. The third kappa shape index (κ3) is 4.10. The molecule has 0 aliphatic heterocycles. The third-order valence-electron chi connectivity index (χ3n) is 2.73. The number of fused-ring (bicyclic) bond motifs is 1. The van der Waals surface area contributed by atoms with Crippen LogP contribution < -0.4 is 14.1 Å². The summed E-state index contributed by atoms with van der Waals surface area (Å²) in [5, 5.41) is 2.63. The monoisotopic (exact) mass is 428 g/mol. The Kier molecular flexibility index (Phi) is 9.23. The van der Waals surface area contributed by atoms with Crippen molar-refractivity contribution in [2.24, 2.45) is 0 Å². The molecule has 0 nitrogen and oxygen atoms in total. The normalized spacial score (nSPS) is 8.42. The average molecular weight is 427 g/mol. The van der Waals surface area contributed by atoms with Gasteiger partial charge in [-0.3, -0.25) is 0 Å². The van der Waals surface area contributed by atoms with Crippen LogP contribution in [-0.4, -0.2) is 0 Å². The van der Waals surface area contributed by atoms with Crippen LogP contribution in [0.25, 0.3) is 21.9 Å². The molecule has 0 radical (unpaired) electrons. The standard InChI is InChI=1S/C15H11.3FH.Hf/c1-2-6-12(7-3-1)15-10-13-8-4-5-9-14(13)11-15;;;;/h1-11H;3*1H;/q-1;;;;+4/p-3. The van der Waals surface area contributed by atoms with Gasteiger partial charge in [0.2, 0.25) is 0 Å². The molecule has 3 aromatic rings. The fraction of sp³-hybridized carbons (Fsp3) is 0. The minimum atomic E-state index is 0. The maximum atomic E-state index is 2.24. The Morgan fingerprint density at radius 3 is 1.89 bits per heavy atom. The van der Waals surface area contributed by atoms with Crippen molar-refractivity contribution in [2.45, 2.75) is 0 Å². The molecule has 0 aliphatic rings. The molecule has 4 heteroatoms. The van der Waals surface area contributed by atoms with Gasteiger partial charge in [0.15, 0.2) is 0 Å². The number of halogens is 3. The molecule has 96 valence electrons. The van der Waals surface area contributed by atoms with Gasteiger partial charge in [-0.1, -0.05) is 54.1 Å². The van der Waals surface area contributed by atoms with Crippen LogP contribution in [0.15, 0.2) is 66.7 Å². The van der Waals surface area contributed by atoms with Crippen molar-refractivity contribution in [2.75, 3.05) is 0 Å². The van der Waals surface area contributed by atoms with Crippen LogP contribution in [0.3, 0.4) is 0 Å². The van der Waals surface area contributed by atoms with E-state index in [1.807, 2.05) is 6.07 Å². The van der Waals surface area contributed by atoms with Gasteiger partial charge in [0.05, 0.1) is 0 Å². The van der Waals surface area contributed by atoms with Gasteiger partial charge >= 0.3 is 25.8 Å². The average Bonchev–Trinajstić information content (AvgIpc) is 2.74. The molecule has 3 aromatic carbocycles. The summed E-state index contributed by atoms with van der Waals surface area (Å²) in [6, 6.07) is 23.4. The predicted octanol–water partition coefficient (Wildman–Crippen LogP) is -4.76. The van der Waals surface area contributed by atoms with E-state index in [-0.39, 0.29) is 40.0 Å². The molecule has 3 rings (SSSR count). The minimum Gasteiger partial charge on any atom is -1.00 e. The molecule has 0 heterocycles. The zero-order chi connectivity index (χ0) is 10.1. The number of rotatable bonds is 1. The van der Waals surface area contributed by atoms with Crippen molar-refractivity contribution in [1.82, 2.24) is 0 Å². The molecule has 0 unspecified atom stereocenters. The summed E-state index contributed by atoms with van der Waals surface area (Å²) in [6.07, 6.45) is 0. The Balaban J connectivity index is 0. The Labute approximate surface area is 128 Å². The molecule has 0 aromatic heterocycles. The van der Waals surface area contributed by atoms with Gasteiger partial charge < -0.3 is 14.1 Å². The van der Waals surface area contributed by atoms with E-state index in [9.17, 15) is 0 Å². The maximum Gasteiger partial charge on any atom is 4.00 e. The van der Waals surface area contributed by atoms with E-state index < -0.39 is 0 Å². The number of benzene rings is 2. The van der Waals surface area contributed by atoms with E-state index >= 15 is 0 Å². The Bertz CT molecular complexity index is 557. The van der Waals surface area contributed by atoms with Gasteiger partial charge in [-0.25, -0.2) is 0 Å². The second kappa shape index (κ2) is 8.75. The molecule has 0 amide bonds. The topological polar surface area (TPSA) is 0 Å². The summed E-state index contributed by atoms with van der Waals surface area (Å²) in [6.45, 7) is 0. The zero-order valence-corrected chi connectivity index (χ0v) is 13.6. The van der Waals surface area contributed by atoms with E-state index in [1.54, 1.807) is 0 Å². The van der Waals surface area contributed by atoms with Crippen molar-refractivity contribution in [3.63, 3.8) is 0 Å². The zero-order valence-electron chi connectivity index (χ0n) is 9.98. The number of hydrogen-bond donors (Lipinski definition) is 0. The molecule has 0 saturated heterocycles. The first kappa shape index (κ1) is 20.0. The van der Waals surface area contributed by atoms with Gasteiger partial charge in [-0.2, -0.15) is 0 Å².